The summed E-state index contributed by atoms with van der Waals surface area (Å²) in [6, 6.07) is 7.51. The average molecular weight is 416 g/mol. The van der Waals surface area contributed by atoms with Crippen LogP contribution in [0.2, 0.25) is 5.28 Å². The van der Waals surface area contributed by atoms with Crippen LogP contribution < -0.4 is 10.1 Å². The van der Waals surface area contributed by atoms with Crippen LogP contribution >= 0.6 is 11.6 Å². The molecule has 1 heterocycles. The largest absolute Gasteiger partial charge is 0.497 e. The summed E-state index contributed by atoms with van der Waals surface area (Å²) in [4.78, 5) is 20.9. The number of nitrogens with one attached hydrogen (secondary N) is 1. The molecule has 1 aromatic heterocycles. The van der Waals surface area contributed by atoms with Crippen molar-refractivity contribution in [1.29, 1.82) is 0 Å². The van der Waals surface area contributed by atoms with E-state index < -0.39 is 5.82 Å². The molecule has 2 bridgehead atoms. The van der Waals surface area contributed by atoms with E-state index >= 15 is 0 Å². The highest BCUT2D eigenvalue weighted by atomic mass is 35.5. The summed E-state index contributed by atoms with van der Waals surface area (Å²) in [5.74, 6) is 0.500. The molecule has 152 valence electrons. The second-order valence-electron chi connectivity index (χ2n) is 7.78. The summed E-state index contributed by atoms with van der Waals surface area (Å²) >= 11 is 5.85. The number of methoxy groups -OCH3 is 1. The van der Waals surface area contributed by atoms with E-state index in [1.165, 1.54) is 0 Å². The minimum absolute atomic E-state index is 0.00395. The van der Waals surface area contributed by atoms with E-state index in [0.717, 1.165) is 23.9 Å². The van der Waals surface area contributed by atoms with Gasteiger partial charge in [-0.05, 0) is 66.8 Å². The predicted octanol–water partition coefficient (Wildman–Crippen LogP) is 4.14. The van der Waals surface area contributed by atoms with Crippen molar-refractivity contribution in [2.45, 2.75) is 25.8 Å². The lowest BCUT2D eigenvalue weighted by molar-refractivity contribution is -0.127. The zero-order valence-electron chi connectivity index (χ0n) is 16.3. The Morgan fingerprint density at radius 2 is 2.03 bits per heavy atom. The minimum Gasteiger partial charge on any atom is -0.497 e. The van der Waals surface area contributed by atoms with E-state index in [-0.39, 0.29) is 46.6 Å². The molecule has 4 rings (SSSR count). The van der Waals surface area contributed by atoms with E-state index in [2.05, 4.69) is 27.4 Å². The van der Waals surface area contributed by atoms with Crippen LogP contribution in [0, 0.1) is 29.5 Å². The van der Waals surface area contributed by atoms with Crippen molar-refractivity contribution >= 4 is 17.5 Å². The van der Waals surface area contributed by atoms with Crippen LogP contribution in [0.4, 0.5) is 4.39 Å². The first-order chi connectivity index (χ1) is 14.0. The van der Waals surface area contributed by atoms with Gasteiger partial charge in [0.25, 0.3) is 0 Å². The van der Waals surface area contributed by atoms with Gasteiger partial charge in [-0.25, -0.2) is 14.4 Å². The number of allylic oxidation sites excluding steroid dienone is 2. The van der Waals surface area contributed by atoms with Crippen molar-refractivity contribution in [2.75, 3.05) is 7.11 Å². The molecule has 0 radical (unpaired) electrons. The highest BCUT2D eigenvalue weighted by Gasteiger charge is 2.48. The van der Waals surface area contributed by atoms with Gasteiger partial charge in [0.15, 0.2) is 5.82 Å². The Morgan fingerprint density at radius 3 is 2.76 bits per heavy atom. The minimum atomic E-state index is -0.480. The van der Waals surface area contributed by atoms with Gasteiger partial charge in [-0.1, -0.05) is 24.3 Å². The van der Waals surface area contributed by atoms with Crippen LogP contribution in [-0.4, -0.2) is 23.0 Å². The number of rotatable bonds is 6. The lowest BCUT2D eigenvalue weighted by Gasteiger charge is -2.28. The van der Waals surface area contributed by atoms with Crippen LogP contribution in [0.25, 0.3) is 0 Å². The van der Waals surface area contributed by atoms with Gasteiger partial charge in [0.05, 0.1) is 25.0 Å². The molecule has 29 heavy (non-hydrogen) atoms. The molecule has 2 aliphatic rings. The van der Waals surface area contributed by atoms with Gasteiger partial charge in [0, 0.05) is 5.92 Å². The van der Waals surface area contributed by atoms with Gasteiger partial charge in [-0.3, -0.25) is 4.79 Å². The third-order valence-electron chi connectivity index (χ3n) is 6.12. The van der Waals surface area contributed by atoms with Crippen LogP contribution in [0.1, 0.15) is 30.6 Å². The number of fused-ring (bicyclic) bond motifs is 2. The number of aromatic nitrogens is 2. The molecule has 1 saturated carbocycles. The maximum absolute atomic E-state index is 14.2. The number of carbonyl (C=O) groups excluding carboxylic acids is 1. The Hall–Kier alpha value is -2.47. The van der Waals surface area contributed by atoms with Crippen molar-refractivity contribution in [3.8, 4) is 5.75 Å². The van der Waals surface area contributed by atoms with Crippen LogP contribution in [0.15, 0.2) is 42.6 Å². The molecule has 5 nitrogen and oxygen atoms in total. The highest BCUT2D eigenvalue weighted by Crippen LogP contribution is 2.49. The number of amides is 1. The zero-order chi connectivity index (χ0) is 20.5. The molecule has 0 spiro atoms. The smallest absolute Gasteiger partial charge is 0.224 e. The zero-order valence-corrected chi connectivity index (χ0v) is 17.1. The Bertz CT molecular complexity index is 934. The maximum atomic E-state index is 14.2. The first kappa shape index (κ1) is 19.8. The quantitative estimate of drug-likeness (QED) is 0.569. The van der Waals surface area contributed by atoms with Crippen molar-refractivity contribution < 1.29 is 13.9 Å². The fourth-order valence-corrected chi connectivity index (χ4v) is 4.77. The number of nitrogens with zero attached hydrogens (tertiary/aromatic N) is 2. The van der Waals surface area contributed by atoms with Gasteiger partial charge in [-0.15, -0.1) is 0 Å². The number of ether oxygens (including phenoxy) is 1. The topological polar surface area (TPSA) is 64.1 Å². The summed E-state index contributed by atoms with van der Waals surface area (Å²) < 4.78 is 19.4. The fraction of sp³-hybridized carbons (Fsp3) is 0.409. The molecular weight excluding hydrogens is 393 g/mol. The van der Waals surface area contributed by atoms with Crippen molar-refractivity contribution in [1.82, 2.24) is 15.3 Å². The van der Waals surface area contributed by atoms with Crippen molar-refractivity contribution in [3.63, 3.8) is 0 Å². The summed E-state index contributed by atoms with van der Waals surface area (Å²) in [5.41, 5.74) is 1.28. The monoisotopic (exact) mass is 415 g/mol. The molecule has 1 fully saturated rings. The lowest BCUT2D eigenvalue weighted by atomic mass is 9.79. The highest BCUT2D eigenvalue weighted by molar-refractivity contribution is 6.28. The van der Waals surface area contributed by atoms with Gasteiger partial charge >= 0.3 is 0 Å². The number of hydrogen-bond donors (Lipinski definition) is 1. The molecule has 2 aromatic rings. The standard InChI is InChI=1S/C22H23ClFN3O2/c1-12(13-5-7-16(29-2)8-6-13)26-21(28)20-15-4-3-14(9-15)17(20)10-19-18(24)11-25-22(23)27-19/h3-8,11-12,14-15,17,20H,9-10H2,1-2H3,(H,26,28)/t12-,14-,15+,17+,20?/m1/s1. The first-order valence-electron chi connectivity index (χ1n) is 9.76. The molecule has 1 aromatic carbocycles. The Balaban J connectivity index is 1.50. The van der Waals surface area contributed by atoms with Crippen LogP contribution in [0.3, 0.4) is 0 Å². The van der Waals surface area contributed by atoms with E-state index in [0.29, 0.717) is 6.42 Å². The third kappa shape index (κ3) is 3.99. The normalized spacial score (nSPS) is 25.8. The third-order valence-corrected chi connectivity index (χ3v) is 6.30. The molecular formula is C22H23ClFN3O2. The SMILES string of the molecule is COc1ccc([C@@H](C)NC(=O)C2[C@@H](Cc3nc(Cl)ncc3F)[C@@H]3C=C[C@H]2C3)cc1. The van der Waals surface area contributed by atoms with Gasteiger partial charge < -0.3 is 10.1 Å². The summed E-state index contributed by atoms with van der Waals surface area (Å²) in [6.45, 7) is 1.96. The molecule has 0 saturated heterocycles. The first-order valence-corrected chi connectivity index (χ1v) is 10.1. The molecule has 5 atom stereocenters. The number of halogens is 2. The molecule has 7 heteroatoms. The van der Waals surface area contributed by atoms with Crippen molar-refractivity contribution in [2.24, 2.45) is 23.7 Å². The molecule has 1 N–H and O–H groups in total. The van der Waals surface area contributed by atoms with Crippen LogP contribution in [-0.2, 0) is 11.2 Å². The summed E-state index contributed by atoms with van der Waals surface area (Å²) in [5, 5.41) is 3.16. The summed E-state index contributed by atoms with van der Waals surface area (Å²) in [7, 11) is 1.62. The number of carbonyl (C=O) groups is 1. The van der Waals surface area contributed by atoms with E-state index in [1.54, 1.807) is 7.11 Å². The Morgan fingerprint density at radius 1 is 1.31 bits per heavy atom. The van der Waals surface area contributed by atoms with Gasteiger partial charge in [0.2, 0.25) is 11.2 Å². The average Bonchev–Trinajstić information content (AvgIpc) is 3.32. The fourth-order valence-electron chi connectivity index (χ4n) is 4.62. The predicted molar refractivity (Wildman–Crippen MR) is 108 cm³/mol. The van der Waals surface area contributed by atoms with E-state index in [4.69, 9.17) is 16.3 Å². The number of hydrogen-bond acceptors (Lipinski definition) is 4. The van der Waals surface area contributed by atoms with E-state index in [1.807, 2.05) is 31.2 Å². The maximum Gasteiger partial charge on any atom is 0.224 e. The Labute approximate surface area is 174 Å². The van der Waals surface area contributed by atoms with Gasteiger partial charge in [0.1, 0.15) is 5.75 Å². The second-order valence-corrected chi connectivity index (χ2v) is 8.12. The van der Waals surface area contributed by atoms with E-state index in [9.17, 15) is 9.18 Å². The lowest BCUT2D eigenvalue weighted by Crippen LogP contribution is -2.39. The molecule has 0 aliphatic heterocycles. The number of benzene rings is 1. The summed E-state index contributed by atoms with van der Waals surface area (Å²) in [6.07, 6.45) is 6.64. The second kappa shape index (κ2) is 8.11. The molecule has 1 amide bonds. The molecule has 2 aliphatic carbocycles. The van der Waals surface area contributed by atoms with Crippen molar-refractivity contribution in [3.05, 3.63) is 65.0 Å². The van der Waals surface area contributed by atoms with Gasteiger partial charge in [-0.2, -0.15) is 0 Å². The van der Waals surface area contributed by atoms with Crippen LogP contribution in [0.5, 0.6) is 5.75 Å². The Kier molecular flexibility index (Phi) is 5.54. The molecule has 1 unspecified atom stereocenters.